The molecule has 1 N–H and O–H groups in total. The van der Waals surface area contributed by atoms with Gasteiger partial charge < -0.3 is 14.7 Å². The molecule has 0 aromatic heterocycles. The molecule has 1 aromatic rings. The van der Waals surface area contributed by atoms with Crippen molar-refractivity contribution in [3.63, 3.8) is 0 Å². The van der Waals surface area contributed by atoms with Gasteiger partial charge >= 0.3 is 0 Å². The maximum atomic E-state index is 12.7. The summed E-state index contributed by atoms with van der Waals surface area (Å²) in [6, 6.07) is 7.94. The van der Waals surface area contributed by atoms with Crippen LogP contribution in [0.3, 0.4) is 0 Å². The average molecular weight is 277 g/mol. The summed E-state index contributed by atoms with van der Waals surface area (Å²) < 4.78 is 5.76. The zero-order valence-corrected chi connectivity index (χ0v) is 12.2. The molecule has 1 unspecified atom stereocenters. The van der Waals surface area contributed by atoms with Gasteiger partial charge in [0.15, 0.2) is 6.10 Å². The fourth-order valence-electron chi connectivity index (χ4n) is 2.81. The monoisotopic (exact) mass is 277 g/mol. The summed E-state index contributed by atoms with van der Waals surface area (Å²) in [5.74, 6) is 0.795. The number of benzene rings is 1. The van der Waals surface area contributed by atoms with Crippen molar-refractivity contribution in [1.82, 2.24) is 4.90 Å². The fraction of sp³-hybridized carbons (Fsp3) is 0.562. The van der Waals surface area contributed by atoms with Crippen molar-refractivity contribution in [3.8, 4) is 5.75 Å². The number of amides is 1. The van der Waals surface area contributed by atoms with Gasteiger partial charge in [-0.25, -0.2) is 0 Å². The topological polar surface area (TPSA) is 49.8 Å². The van der Waals surface area contributed by atoms with Gasteiger partial charge in [0.1, 0.15) is 5.75 Å². The Morgan fingerprint density at radius 3 is 2.70 bits per heavy atom. The second-order valence-electron chi connectivity index (χ2n) is 5.14. The van der Waals surface area contributed by atoms with E-state index in [1.165, 1.54) is 0 Å². The molecule has 2 rings (SSSR count). The molecule has 0 fully saturated rings. The van der Waals surface area contributed by atoms with Crippen LogP contribution in [0.25, 0.3) is 0 Å². The molecule has 4 nitrogen and oxygen atoms in total. The molecule has 1 heterocycles. The first-order chi connectivity index (χ1) is 9.71. The van der Waals surface area contributed by atoms with Gasteiger partial charge in [0.25, 0.3) is 5.91 Å². The van der Waals surface area contributed by atoms with Crippen LogP contribution in [-0.4, -0.2) is 41.2 Å². The Labute approximate surface area is 120 Å². The average Bonchev–Trinajstić information content (AvgIpc) is 2.90. The number of carbonyl (C=O) groups is 1. The molecule has 1 aliphatic heterocycles. The largest absolute Gasteiger partial charge is 0.480 e. The maximum absolute atomic E-state index is 12.7. The molecule has 1 atom stereocenters. The third-order valence-corrected chi connectivity index (χ3v) is 3.93. The highest BCUT2D eigenvalue weighted by Gasteiger charge is 2.34. The van der Waals surface area contributed by atoms with Gasteiger partial charge in [-0.1, -0.05) is 32.0 Å². The van der Waals surface area contributed by atoms with Gasteiger partial charge in [0.05, 0.1) is 6.61 Å². The molecule has 1 aliphatic rings. The summed E-state index contributed by atoms with van der Waals surface area (Å²) in [4.78, 5) is 14.4. The van der Waals surface area contributed by atoms with Gasteiger partial charge in [-0.15, -0.1) is 0 Å². The second-order valence-corrected chi connectivity index (χ2v) is 5.14. The molecule has 1 aromatic carbocycles. The van der Waals surface area contributed by atoms with Gasteiger partial charge in [-0.05, 0) is 24.5 Å². The molecule has 0 spiro atoms. The van der Waals surface area contributed by atoms with Crippen molar-refractivity contribution in [2.24, 2.45) is 0 Å². The van der Waals surface area contributed by atoms with Gasteiger partial charge in [-0.3, -0.25) is 4.79 Å². The highest BCUT2D eigenvalue weighted by Crippen LogP contribution is 2.29. The second kappa shape index (κ2) is 6.75. The van der Waals surface area contributed by atoms with Crippen molar-refractivity contribution < 1.29 is 14.6 Å². The number of ether oxygens (including phenoxy) is 1. The molecule has 110 valence electrons. The van der Waals surface area contributed by atoms with Crippen LogP contribution in [0.5, 0.6) is 5.75 Å². The minimum atomic E-state index is -0.445. The van der Waals surface area contributed by atoms with Crippen LogP contribution in [0.1, 0.15) is 32.3 Å². The first-order valence-corrected chi connectivity index (χ1v) is 7.37. The Bertz CT molecular complexity index is 432. The minimum Gasteiger partial charge on any atom is -0.480 e. The van der Waals surface area contributed by atoms with Gasteiger partial charge in [0, 0.05) is 19.0 Å². The summed E-state index contributed by atoms with van der Waals surface area (Å²) in [7, 11) is 0. The van der Waals surface area contributed by atoms with Crippen LogP contribution in [0.4, 0.5) is 0 Å². The van der Waals surface area contributed by atoms with Crippen LogP contribution < -0.4 is 4.74 Å². The number of aliphatic hydroxyl groups excluding tert-OH is 1. The number of rotatable bonds is 6. The number of nitrogens with zero attached hydrogens (tertiary/aromatic N) is 1. The molecule has 0 aliphatic carbocycles. The molecule has 20 heavy (non-hydrogen) atoms. The molecule has 0 radical (unpaired) electrons. The highest BCUT2D eigenvalue weighted by molar-refractivity contribution is 5.83. The summed E-state index contributed by atoms with van der Waals surface area (Å²) in [6.45, 7) is 4.50. The lowest BCUT2D eigenvalue weighted by molar-refractivity contribution is -0.141. The Balaban J connectivity index is 2.10. The third-order valence-electron chi connectivity index (χ3n) is 3.93. The van der Waals surface area contributed by atoms with E-state index in [0.717, 1.165) is 24.2 Å². The SMILES string of the molecule is CCC(CC)N(CCO)C(=O)C1Cc2ccccc2O1. The molecule has 0 saturated carbocycles. The van der Waals surface area contributed by atoms with E-state index in [4.69, 9.17) is 4.74 Å². The summed E-state index contributed by atoms with van der Waals surface area (Å²) in [5.41, 5.74) is 1.08. The zero-order valence-electron chi connectivity index (χ0n) is 12.2. The third kappa shape index (κ3) is 2.96. The summed E-state index contributed by atoms with van der Waals surface area (Å²) in [5, 5.41) is 9.21. The lowest BCUT2D eigenvalue weighted by atomic mass is 10.1. The van der Waals surface area contributed by atoms with E-state index in [9.17, 15) is 9.90 Å². The molecule has 0 saturated heterocycles. The number of aliphatic hydroxyl groups is 1. The van der Waals surface area contributed by atoms with E-state index in [2.05, 4.69) is 13.8 Å². The number of hydrogen-bond acceptors (Lipinski definition) is 3. The Morgan fingerprint density at radius 2 is 2.10 bits per heavy atom. The number of para-hydroxylation sites is 1. The van der Waals surface area contributed by atoms with Crippen LogP contribution in [0.2, 0.25) is 0 Å². The van der Waals surface area contributed by atoms with Crippen LogP contribution in [0, 0.1) is 0 Å². The quantitative estimate of drug-likeness (QED) is 0.865. The van der Waals surface area contributed by atoms with Gasteiger partial charge in [-0.2, -0.15) is 0 Å². The van der Waals surface area contributed by atoms with Crippen LogP contribution in [-0.2, 0) is 11.2 Å². The highest BCUT2D eigenvalue weighted by atomic mass is 16.5. The standard InChI is InChI=1S/C16H23NO3/c1-3-13(4-2)17(9-10-18)16(19)15-11-12-7-5-6-8-14(12)20-15/h5-8,13,15,18H,3-4,9-11H2,1-2H3. The summed E-state index contributed by atoms with van der Waals surface area (Å²) >= 11 is 0. The minimum absolute atomic E-state index is 0.0102. The van der Waals surface area contributed by atoms with Crippen molar-refractivity contribution in [2.45, 2.75) is 45.3 Å². The van der Waals surface area contributed by atoms with Crippen molar-refractivity contribution in [3.05, 3.63) is 29.8 Å². The van der Waals surface area contributed by atoms with E-state index in [1.807, 2.05) is 24.3 Å². The zero-order chi connectivity index (χ0) is 14.5. The van der Waals surface area contributed by atoms with Crippen molar-refractivity contribution in [1.29, 1.82) is 0 Å². The van der Waals surface area contributed by atoms with E-state index in [0.29, 0.717) is 13.0 Å². The van der Waals surface area contributed by atoms with Crippen molar-refractivity contribution >= 4 is 5.91 Å². The number of fused-ring (bicyclic) bond motifs is 1. The van der Waals surface area contributed by atoms with E-state index < -0.39 is 6.10 Å². The Morgan fingerprint density at radius 1 is 1.40 bits per heavy atom. The summed E-state index contributed by atoms with van der Waals surface area (Å²) in [6.07, 6.45) is 1.96. The van der Waals surface area contributed by atoms with Gasteiger partial charge in [0.2, 0.25) is 0 Å². The Hall–Kier alpha value is -1.55. The van der Waals surface area contributed by atoms with Crippen molar-refractivity contribution in [2.75, 3.05) is 13.2 Å². The lowest BCUT2D eigenvalue weighted by Crippen LogP contribution is -2.48. The van der Waals surface area contributed by atoms with E-state index in [1.54, 1.807) is 4.90 Å². The molecule has 1 amide bonds. The lowest BCUT2D eigenvalue weighted by Gasteiger charge is -2.31. The fourth-order valence-corrected chi connectivity index (χ4v) is 2.81. The van der Waals surface area contributed by atoms with Crippen LogP contribution >= 0.6 is 0 Å². The predicted molar refractivity (Wildman–Crippen MR) is 77.7 cm³/mol. The van der Waals surface area contributed by atoms with E-state index >= 15 is 0 Å². The smallest absolute Gasteiger partial charge is 0.264 e. The number of carbonyl (C=O) groups excluding carboxylic acids is 1. The predicted octanol–water partition coefficient (Wildman–Crippen LogP) is 2.00. The maximum Gasteiger partial charge on any atom is 0.264 e. The number of hydrogen-bond donors (Lipinski definition) is 1. The molecule has 4 heteroatoms. The molecule has 0 bridgehead atoms. The first kappa shape index (κ1) is 14.9. The molecular weight excluding hydrogens is 254 g/mol. The van der Waals surface area contributed by atoms with Crippen LogP contribution in [0.15, 0.2) is 24.3 Å². The van der Waals surface area contributed by atoms with E-state index in [-0.39, 0.29) is 18.6 Å². The molecular formula is C16H23NO3. The first-order valence-electron chi connectivity index (χ1n) is 7.37. The normalized spacial score (nSPS) is 16.9. The Kier molecular flexibility index (Phi) is 5.01.